The molecular formula is C26H20ClNO3S2. The van der Waals surface area contributed by atoms with Gasteiger partial charge in [0.15, 0.2) is 5.78 Å². The van der Waals surface area contributed by atoms with E-state index in [9.17, 15) is 9.59 Å². The third-order valence-electron chi connectivity index (χ3n) is 5.52. The number of amides is 1. The molecule has 1 aliphatic heterocycles. The van der Waals surface area contributed by atoms with Gasteiger partial charge in [-0.05, 0) is 65.2 Å². The number of benzene rings is 2. The molecule has 1 unspecified atom stereocenters. The number of halogens is 1. The number of Topliss-reactive ketones (excluding diaryl/α,β-unsaturated/α-hetero) is 1. The Morgan fingerprint density at radius 1 is 1.21 bits per heavy atom. The molecule has 2 aromatic carbocycles. The van der Waals surface area contributed by atoms with Crippen LogP contribution in [0.25, 0.3) is 26.6 Å². The maximum Gasteiger partial charge on any atom is 0.244 e. The lowest BCUT2D eigenvalue weighted by Gasteiger charge is -2.11. The number of hydrogen-bond donors (Lipinski definition) is 1. The van der Waals surface area contributed by atoms with Gasteiger partial charge in [-0.15, -0.1) is 22.7 Å². The normalized spacial score (nSPS) is 15.0. The smallest absolute Gasteiger partial charge is 0.244 e. The highest BCUT2D eigenvalue weighted by atomic mass is 35.5. The lowest BCUT2D eigenvalue weighted by Crippen LogP contribution is -2.33. The number of ether oxygens (including phenoxy) is 1. The van der Waals surface area contributed by atoms with Crippen LogP contribution in [0.1, 0.15) is 27.7 Å². The zero-order valence-electron chi connectivity index (χ0n) is 17.8. The summed E-state index contributed by atoms with van der Waals surface area (Å²) < 4.78 is 7.21. The second kappa shape index (κ2) is 9.14. The Bertz CT molecular complexity index is 1400. The van der Waals surface area contributed by atoms with Crippen molar-refractivity contribution in [2.45, 2.75) is 19.4 Å². The van der Waals surface area contributed by atoms with Gasteiger partial charge in [-0.1, -0.05) is 29.8 Å². The first-order chi connectivity index (χ1) is 16.0. The van der Waals surface area contributed by atoms with Crippen molar-refractivity contribution in [1.29, 1.82) is 0 Å². The van der Waals surface area contributed by atoms with Gasteiger partial charge >= 0.3 is 0 Å². The molecule has 0 saturated carbocycles. The minimum Gasteiger partial charge on any atom is -0.486 e. The Morgan fingerprint density at radius 2 is 2.06 bits per heavy atom. The van der Waals surface area contributed by atoms with E-state index in [2.05, 4.69) is 28.9 Å². The van der Waals surface area contributed by atoms with E-state index in [1.807, 2.05) is 36.4 Å². The fraction of sp³-hybridized carbons (Fsp3) is 0.154. The van der Waals surface area contributed by atoms with E-state index >= 15 is 0 Å². The number of nitrogens with one attached hydrogen (secondary N) is 1. The molecule has 7 heteroatoms. The second-order valence-corrected chi connectivity index (χ2v) is 10.3. The zero-order valence-corrected chi connectivity index (χ0v) is 20.2. The molecule has 0 saturated heterocycles. The highest BCUT2D eigenvalue weighted by Gasteiger charge is 2.26. The first-order valence-electron chi connectivity index (χ1n) is 10.5. The summed E-state index contributed by atoms with van der Waals surface area (Å²) in [6.45, 7) is 1.96. The molecule has 4 nitrogen and oxygen atoms in total. The molecule has 0 bridgehead atoms. The van der Waals surface area contributed by atoms with Crippen molar-refractivity contribution in [2.24, 2.45) is 0 Å². The highest BCUT2D eigenvalue weighted by Crippen LogP contribution is 2.41. The highest BCUT2D eigenvalue weighted by molar-refractivity contribution is 7.17. The molecule has 0 radical (unpaired) electrons. The van der Waals surface area contributed by atoms with Gasteiger partial charge in [-0.3, -0.25) is 9.59 Å². The van der Waals surface area contributed by atoms with Crippen LogP contribution in [0, 0.1) is 0 Å². The molecule has 0 spiro atoms. The van der Waals surface area contributed by atoms with E-state index < -0.39 is 0 Å². The van der Waals surface area contributed by atoms with Gasteiger partial charge in [-0.2, -0.15) is 0 Å². The Morgan fingerprint density at radius 3 is 2.88 bits per heavy atom. The zero-order chi connectivity index (χ0) is 22.9. The monoisotopic (exact) mass is 493 g/mol. The van der Waals surface area contributed by atoms with Crippen molar-refractivity contribution >= 4 is 62.1 Å². The molecular weight excluding hydrogens is 474 g/mol. The van der Waals surface area contributed by atoms with Gasteiger partial charge in [-0.25, -0.2) is 0 Å². The topological polar surface area (TPSA) is 55.4 Å². The van der Waals surface area contributed by atoms with Crippen molar-refractivity contribution in [3.63, 3.8) is 0 Å². The molecule has 2 aromatic heterocycles. The number of fused-ring (bicyclic) bond motifs is 2. The Balaban J connectivity index is 1.22. The number of ketones is 1. The molecule has 5 rings (SSSR count). The summed E-state index contributed by atoms with van der Waals surface area (Å²) in [6.07, 6.45) is 3.89. The minimum atomic E-state index is -0.178. The Kier molecular flexibility index (Phi) is 6.06. The van der Waals surface area contributed by atoms with Crippen LogP contribution >= 0.6 is 34.3 Å². The van der Waals surface area contributed by atoms with Gasteiger partial charge < -0.3 is 10.1 Å². The van der Waals surface area contributed by atoms with E-state index in [1.54, 1.807) is 24.3 Å². The van der Waals surface area contributed by atoms with Crippen molar-refractivity contribution in [3.05, 3.63) is 81.0 Å². The van der Waals surface area contributed by atoms with Crippen LogP contribution in [-0.2, 0) is 11.2 Å². The predicted molar refractivity (Wildman–Crippen MR) is 137 cm³/mol. The maximum atomic E-state index is 12.4. The average molecular weight is 494 g/mol. The molecule has 1 atom stereocenters. The van der Waals surface area contributed by atoms with Crippen LogP contribution in [0.4, 0.5) is 0 Å². The molecule has 1 amide bonds. The average Bonchev–Trinajstić information content (AvgIpc) is 3.54. The van der Waals surface area contributed by atoms with Crippen LogP contribution in [0.5, 0.6) is 5.75 Å². The van der Waals surface area contributed by atoms with Crippen LogP contribution in [0.2, 0.25) is 5.02 Å². The molecule has 0 fully saturated rings. The maximum absolute atomic E-state index is 12.4. The number of rotatable bonds is 6. The van der Waals surface area contributed by atoms with Gasteiger partial charge in [0.25, 0.3) is 0 Å². The van der Waals surface area contributed by atoms with Crippen molar-refractivity contribution in [1.82, 2.24) is 5.32 Å². The van der Waals surface area contributed by atoms with Crippen molar-refractivity contribution in [3.8, 4) is 16.2 Å². The van der Waals surface area contributed by atoms with E-state index in [0.29, 0.717) is 23.7 Å². The number of thiophene rings is 2. The Hall–Kier alpha value is -2.93. The summed E-state index contributed by atoms with van der Waals surface area (Å²) in [5.74, 6) is 0.564. The first-order valence-corrected chi connectivity index (χ1v) is 12.6. The largest absolute Gasteiger partial charge is 0.486 e. The fourth-order valence-corrected chi connectivity index (χ4v) is 5.99. The lowest BCUT2D eigenvalue weighted by molar-refractivity contribution is -0.116. The molecule has 4 aromatic rings. The lowest BCUT2D eigenvalue weighted by atomic mass is 10.1. The van der Waals surface area contributed by atoms with E-state index in [0.717, 1.165) is 31.8 Å². The van der Waals surface area contributed by atoms with E-state index in [4.69, 9.17) is 16.3 Å². The summed E-state index contributed by atoms with van der Waals surface area (Å²) in [5.41, 5.74) is 3.02. The van der Waals surface area contributed by atoms with E-state index in [1.165, 1.54) is 16.0 Å². The predicted octanol–water partition coefficient (Wildman–Crippen LogP) is 6.62. The van der Waals surface area contributed by atoms with Crippen molar-refractivity contribution < 1.29 is 14.3 Å². The van der Waals surface area contributed by atoms with Crippen LogP contribution in [-0.4, -0.2) is 24.3 Å². The third-order valence-corrected chi connectivity index (χ3v) is 8.02. The molecule has 1 aliphatic rings. The quantitative estimate of drug-likeness (QED) is 0.242. The van der Waals surface area contributed by atoms with Gasteiger partial charge in [0.1, 0.15) is 11.9 Å². The number of hydrogen-bond acceptors (Lipinski definition) is 5. The Labute approximate surface area is 204 Å². The molecule has 33 heavy (non-hydrogen) atoms. The fourth-order valence-electron chi connectivity index (χ4n) is 3.89. The van der Waals surface area contributed by atoms with Crippen LogP contribution in [0.15, 0.2) is 60.0 Å². The SMILES string of the molecule is CC(=O)c1ccc(-c2cc(Cl)c3c(c2)CC(CNC(=O)C=Cc2csc4ccccc24)O3)s1. The molecule has 3 heterocycles. The third kappa shape index (κ3) is 4.60. The standard InChI is InChI=1S/C26H20ClNO3S2/c1-15(29)22-7-8-23(33-22)17-10-18-11-19(31-26(18)21(27)12-17)13-28-25(30)9-6-16-14-32-24-5-3-2-4-20(16)24/h2-10,12,14,19H,11,13H2,1H3,(H,28,30). The second-order valence-electron chi connectivity index (χ2n) is 7.88. The first kappa shape index (κ1) is 21.9. The van der Waals surface area contributed by atoms with Crippen LogP contribution < -0.4 is 10.1 Å². The van der Waals surface area contributed by atoms with Gasteiger partial charge in [0.2, 0.25) is 5.91 Å². The summed E-state index contributed by atoms with van der Waals surface area (Å²) in [4.78, 5) is 25.7. The summed E-state index contributed by atoms with van der Waals surface area (Å²) >= 11 is 9.61. The summed E-state index contributed by atoms with van der Waals surface area (Å²) in [6, 6.07) is 15.8. The summed E-state index contributed by atoms with van der Waals surface area (Å²) in [7, 11) is 0. The van der Waals surface area contributed by atoms with E-state index in [-0.39, 0.29) is 17.8 Å². The molecule has 0 aliphatic carbocycles. The summed E-state index contributed by atoms with van der Waals surface area (Å²) in [5, 5.41) is 6.67. The van der Waals surface area contributed by atoms with Gasteiger partial charge in [0.05, 0.1) is 16.4 Å². The van der Waals surface area contributed by atoms with Crippen molar-refractivity contribution in [2.75, 3.05) is 6.54 Å². The van der Waals surface area contributed by atoms with Crippen LogP contribution in [0.3, 0.4) is 0 Å². The van der Waals surface area contributed by atoms with Gasteiger partial charge in [0, 0.05) is 27.6 Å². The number of carbonyl (C=O) groups excluding carboxylic acids is 2. The molecule has 166 valence electrons. The number of carbonyl (C=O) groups is 2. The molecule has 1 N–H and O–H groups in total. The minimum absolute atomic E-state index is 0.0545.